The van der Waals surface area contributed by atoms with Crippen molar-refractivity contribution in [3.8, 4) is 0 Å². The van der Waals surface area contributed by atoms with Crippen molar-refractivity contribution in [2.75, 3.05) is 13.2 Å². The Hall–Kier alpha value is -1.14. The lowest BCUT2D eigenvalue weighted by atomic mass is 9.54. The van der Waals surface area contributed by atoms with Crippen LogP contribution in [0.5, 0.6) is 0 Å². The molecule has 6 nitrogen and oxygen atoms in total. The van der Waals surface area contributed by atoms with E-state index in [2.05, 4.69) is 5.32 Å². The van der Waals surface area contributed by atoms with Crippen molar-refractivity contribution < 1.29 is 24.2 Å². The zero-order valence-corrected chi connectivity index (χ0v) is 12.3. The average molecular weight is 285 g/mol. The molecule has 0 bridgehead atoms. The maximum absolute atomic E-state index is 12.2. The van der Waals surface area contributed by atoms with Gasteiger partial charge in [-0.1, -0.05) is 13.8 Å². The third-order valence-corrected chi connectivity index (χ3v) is 4.69. The highest BCUT2D eigenvalue weighted by atomic mass is 16.5. The molecular formula is C14H23NO5. The molecule has 2 N–H and O–H groups in total. The number of carbonyl (C=O) groups excluding carboxylic acids is 1. The summed E-state index contributed by atoms with van der Waals surface area (Å²) in [5.41, 5.74) is -1.92. The van der Waals surface area contributed by atoms with E-state index >= 15 is 0 Å². The topological polar surface area (TPSA) is 84.9 Å². The van der Waals surface area contributed by atoms with Gasteiger partial charge >= 0.3 is 5.97 Å². The Morgan fingerprint density at radius 2 is 2.15 bits per heavy atom. The van der Waals surface area contributed by atoms with Crippen LogP contribution in [0.25, 0.3) is 0 Å². The van der Waals surface area contributed by atoms with Gasteiger partial charge in [0, 0.05) is 25.0 Å². The van der Waals surface area contributed by atoms with Gasteiger partial charge in [-0.3, -0.25) is 4.79 Å². The van der Waals surface area contributed by atoms with Crippen LogP contribution in [0.4, 0.5) is 0 Å². The van der Waals surface area contributed by atoms with Crippen LogP contribution in [-0.4, -0.2) is 47.9 Å². The van der Waals surface area contributed by atoms with Crippen molar-refractivity contribution in [3.05, 3.63) is 0 Å². The van der Waals surface area contributed by atoms with Gasteiger partial charge in [-0.25, -0.2) is 4.79 Å². The lowest BCUT2D eigenvalue weighted by Crippen LogP contribution is -2.76. The van der Waals surface area contributed by atoms with Crippen molar-refractivity contribution in [2.45, 2.75) is 57.8 Å². The van der Waals surface area contributed by atoms with Gasteiger partial charge in [-0.2, -0.15) is 0 Å². The molecule has 0 aromatic rings. The van der Waals surface area contributed by atoms with E-state index in [0.29, 0.717) is 26.1 Å². The van der Waals surface area contributed by atoms with E-state index in [4.69, 9.17) is 9.47 Å². The highest BCUT2D eigenvalue weighted by molar-refractivity contribution is 5.91. The molecular weight excluding hydrogens is 262 g/mol. The summed E-state index contributed by atoms with van der Waals surface area (Å²) in [5, 5.41) is 12.3. The number of aliphatic carboxylic acids is 1. The van der Waals surface area contributed by atoms with E-state index < -0.39 is 23.0 Å². The van der Waals surface area contributed by atoms with Gasteiger partial charge < -0.3 is 19.9 Å². The third kappa shape index (κ3) is 2.20. The number of hydrogen-bond donors (Lipinski definition) is 2. The number of hydrogen-bond acceptors (Lipinski definition) is 4. The third-order valence-electron chi connectivity index (χ3n) is 4.69. The predicted molar refractivity (Wildman–Crippen MR) is 71.3 cm³/mol. The van der Waals surface area contributed by atoms with Gasteiger partial charge in [0.2, 0.25) is 5.91 Å². The number of ether oxygens (including phenoxy) is 2. The summed E-state index contributed by atoms with van der Waals surface area (Å²) in [6.07, 6.45) is 1.10. The van der Waals surface area contributed by atoms with E-state index in [1.807, 2.05) is 20.8 Å². The van der Waals surface area contributed by atoms with Crippen LogP contribution in [-0.2, 0) is 19.1 Å². The fourth-order valence-corrected chi connectivity index (χ4v) is 3.11. The zero-order chi connectivity index (χ0) is 15.0. The fourth-order valence-electron chi connectivity index (χ4n) is 3.11. The Labute approximate surface area is 118 Å². The van der Waals surface area contributed by atoms with Gasteiger partial charge in [0.05, 0.1) is 6.10 Å². The molecule has 2 aliphatic rings. The summed E-state index contributed by atoms with van der Waals surface area (Å²) in [6, 6.07) is 0. The van der Waals surface area contributed by atoms with E-state index in [-0.39, 0.29) is 12.0 Å². The molecule has 6 heteroatoms. The Balaban J connectivity index is 2.12. The molecule has 1 aliphatic heterocycles. The Bertz CT molecular complexity index is 402. The summed E-state index contributed by atoms with van der Waals surface area (Å²) in [7, 11) is 0. The number of rotatable bonds is 5. The largest absolute Gasteiger partial charge is 0.479 e. The molecule has 114 valence electrons. The van der Waals surface area contributed by atoms with E-state index in [1.54, 1.807) is 0 Å². The molecule has 20 heavy (non-hydrogen) atoms. The van der Waals surface area contributed by atoms with Gasteiger partial charge in [0.25, 0.3) is 0 Å². The van der Waals surface area contributed by atoms with Crippen LogP contribution in [0.1, 0.15) is 40.0 Å². The van der Waals surface area contributed by atoms with Crippen LogP contribution < -0.4 is 5.32 Å². The average Bonchev–Trinajstić information content (AvgIpc) is 2.90. The first-order chi connectivity index (χ1) is 9.35. The van der Waals surface area contributed by atoms with Gasteiger partial charge in [-0.05, 0) is 19.8 Å². The van der Waals surface area contributed by atoms with Crippen LogP contribution >= 0.6 is 0 Å². The lowest BCUT2D eigenvalue weighted by Gasteiger charge is -2.58. The van der Waals surface area contributed by atoms with E-state index in [0.717, 1.165) is 6.42 Å². The first kappa shape index (κ1) is 15.3. The standard InChI is InChI=1S/C14H23NO5/c1-4-19-10-8-14(12(17)18,13(10,2)3)15-11(16)9-6-5-7-20-9/h9-10H,4-8H2,1-3H3,(H,15,16)(H,17,18)/t9-,10+,14-/m0/s1. The number of carbonyl (C=O) groups is 2. The molecule has 1 aliphatic carbocycles. The molecule has 2 fully saturated rings. The molecule has 0 aromatic heterocycles. The van der Waals surface area contributed by atoms with Crippen molar-refractivity contribution in [2.24, 2.45) is 5.41 Å². The number of carboxylic acid groups (broad SMARTS) is 1. The van der Waals surface area contributed by atoms with Crippen LogP contribution in [0, 0.1) is 5.41 Å². The second kappa shape index (κ2) is 5.33. The maximum Gasteiger partial charge on any atom is 0.330 e. The molecule has 1 saturated heterocycles. The normalized spacial score (nSPS) is 35.4. The zero-order valence-electron chi connectivity index (χ0n) is 12.3. The SMILES string of the molecule is CCO[C@@H]1C[C@](NC(=O)[C@@H]2CCCO2)(C(=O)O)C1(C)C. The van der Waals surface area contributed by atoms with Crippen LogP contribution in [0.2, 0.25) is 0 Å². The van der Waals surface area contributed by atoms with E-state index in [9.17, 15) is 14.7 Å². The van der Waals surface area contributed by atoms with Crippen LogP contribution in [0.3, 0.4) is 0 Å². The molecule has 0 radical (unpaired) electrons. The minimum atomic E-state index is -1.27. The Kier molecular flexibility index (Phi) is 4.07. The lowest BCUT2D eigenvalue weighted by molar-refractivity contribution is -0.195. The van der Waals surface area contributed by atoms with E-state index in [1.165, 1.54) is 0 Å². The molecule has 1 amide bonds. The summed E-state index contributed by atoms with van der Waals surface area (Å²) >= 11 is 0. The monoisotopic (exact) mass is 285 g/mol. The molecule has 2 rings (SSSR count). The Morgan fingerprint density at radius 3 is 2.60 bits per heavy atom. The number of nitrogens with one attached hydrogen (secondary N) is 1. The van der Waals surface area contributed by atoms with Crippen molar-refractivity contribution in [1.82, 2.24) is 5.32 Å². The summed E-state index contributed by atoms with van der Waals surface area (Å²) in [4.78, 5) is 23.9. The molecule has 0 unspecified atom stereocenters. The first-order valence-corrected chi connectivity index (χ1v) is 7.14. The molecule has 1 heterocycles. The number of carboxylic acids is 1. The van der Waals surface area contributed by atoms with Gasteiger partial charge in [0.15, 0.2) is 0 Å². The maximum atomic E-state index is 12.2. The first-order valence-electron chi connectivity index (χ1n) is 7.14. The molecule has 3 atom stereocenters. The quantitative estimate of drug-likeness (QED) is 0.785. The van der Waals surface area contributed by atoms with Crippen molar-refractivity contribution in [1.29, 1.82) is 0 Å². The van der Waals surface area contributed by atoms with Gasteiger partial charge in [-0.15, -0.1) is 0 Å². The van der Waals surface area contributed by atoms with Gasteiger partial charge in [0.1, 0.15) is 11.6 Å². The summed E-state index contributed by atoms with van der Waals surface area (Å²) in [6.45, 7) is 6.61. The molecule has 0 spiro atoms. The Morgan fingerprint density at radius 1 is 1.45 bits per heavy atom. The second-order valence-corrected chi connectivity index (χ2v) is 6.07. The number of amides is 1. The molecule has 1 saturated carbocycles. The minimum absolute atomic E-state index is 0.159. The highest BCUT2D eigenvalue weighted by Crippen LogP contribution is 2.51. The summed E-state index contributed by atoms with van der Waals surface area (Å²) < 4.78 is 10.9. The van der Waals surface area contributed by atoms with Crippen LogP contribution in [0.15, 0.2) is 0 Å². The summed E-state index contributed by atoms with van der Waals surface area (Å²) in [5.74, 6) is -1.34. The van der Waals surface area contributed by atoms with Crippen molar-refractivity contribution >= 4 is 11.9 Å². The fraction of sp³-hybridized carbons (Fsp3) is 0.857. The predicted octanol–water partition coefficient (Wildman–Crippen LogP) is 0.940. The van der Waals surface area contributed by atoms with Crippen molar-refractivity contribution in [3.63, 3.8) is 0 Å². The minimum Gasteiger partial charge on any atom is -0.479 e. The molecule has 0 aromatic carbocycles. The highest BCUT2D eigenvalue weighted by Gasteiger charge is 2.66. The second-order valence-electron chi connectivity index (χ2n) is 6.07. The smallest absolute Gasteiger partial charge is 0.330 e.